The Morgan fingerprint density at radius 2 is 1.83 bits per heavy atom. The molecule has 2 N–H and O–H groups in total. The van der Waals surface area contributed by atoms with E-state index in [4.69, 9.17) is 0 Å². The predicted molar refractivity (Wildman–Crippen MR) is 110 cm³/mol. The second kappa shape index (κ2) is 10.0. The highest BCUT2D eigenvalue weighted by Crippen LogP contribution is 2.25. The van der Waals surface area contributed by atoms with Crippen molar-refractivity contribution in [3.8, 4) is 5.75 Å². The van der Waals surface area contributed by atoms with Gasteiger partial charge >= 0.3 is 6.61 Å². The van der Waals surface area contributed by atoms with E-state index in [0.717, 1.165) is 0 Å². The number of halogens is 2. The van der Waals surface area contributed by atoms with Gasteiger partial charge in [-0.2, -0.15) is 8.78 Å². The molecule has 0 unspecified atom stereocenters. The van der Waals surface area contributed by atoms with Gasteiger partial charge in [-0.15, -0.1) is 0 Å². The maximum absolute atomic E-state index is 12.5. The number of nitrogens with one attached hydrogen (secondary N) is 2. The van der Waals surface area contributed by atoms with Crippen LogP contribution in [-0.2, 0) is 14.8 Å². The summed E-state index contributed by atoms with van der Waals surface area (Å²) >= 11 is 0. The molecule has 2 rings (SSSR count). The summed E-state index contributed by atoms with van der Waals surface area (Å²) in [6.45, 7) is 0.467. The van der Waals surface area contributed by atoms with Crippen molar-refractivity contribution in [1.29, 1.82) is 0 Å². The maximum atomic E-state index is 12.5. The summed E-state index contributed by atoms with van der Waals surface area (Å²) in [6.07, 6.45) is 3.02. The molecule has 2 aromatic rings. The van der Waals surface area contributed by atoms with Crippen molar-refractivity contribution >= 4 is 33.4 Å². The standard InChI is InChI=1S/C20H22F2N2O4S/c1-3-13-29(26,27)24-17-9-6-8-16(14(17)2)23-19(25)12-11-15-7-4-5-10-18(15)28-20(21)22/h4-12,20,24H,3,13H2,1-2H3,(H,23,25)/b12-11+. The molecule has 0 radical (unpaired) electrons. The summed E-state index contributed by atoms with van der Waals surface area (Å²) < 4.78 is 55.8. The number of benzene rings is 2. The summed E-state index contributed by atoms with van der Waals surface area (Å²) in [7, 11) is -3.47. The van der Waals surface area contributed by atoms with Crippen LogP contribution in [0, 0.1) is 6.92 Å². The van der Waals surface area contributed by atoms with E-state index >= 15 is 0 Å². The second-order valence-corrected chi connectivity index (χ2v) is 7.98. The lowest BCUT2D eigenvalue weighted by Crippen LogP contribution is -2.17. The average Bonchev–Trinajstić information content (AvgIpc) is 2.63. The van der Waals surface area contributed by atoms with Crippen LogP contribution in [0.1, 0.15) is 24.5 Å². The van der Waals surface area contributed by atoms with Crippen LogP contribution in [0.15, 0.2) is 48.5 Å². The summed E-state index contributed by atoms with van der Waals surface area (Å²) in [5.74, 6) is -0.560. The van der Waals surface area contributed by atoms with E-state index in [1.54, 1.807) is 44.2 Å². The summed E-state index contributed by atoms with van der Waals surface area (Å²) in [4.78, 5) is 12.2. The first-order valence-electron chi connectivity index (χ1n) is 8.85. The Morgan fingerprint density at radius 3 is 2.52 bits per heavy atom. The van der Waals surface area contributed by atoms with Gasteiger partial charge in [-0.05, 0) is 43.2 Å². The average molecular weight is 424 g/mol. The highest BCUT2D eigenvalue weighted by molar-refractivity contribution is 7.92. The molecule has 156 valence electrons. The minimum atomic E-state index is -3.47. The highest BCUT2D eigenvalue weighted by atomic mass is 32.2. The normalized spacial score (nSPS) is 11.6. The van der Waals surface area contributed by atoms with Crippen LogP contribution in [0.3, 0.4) is 0 Å². The third-order valence-corrected chi connectivity index (χ3v) is 5.36. The molecule has 6 nitrogen and oxygen atoms in total. The molecular weight excluding hydrogens is 402 g/mol. The van der Waals surface area contributed by atoms with E-state index in [9.17, 15) is 22.0 Å². The monoisotopic (exact) mass is 424 g/mol. The van der Waals surface area contributed by atoms with Gasteiger partial charge in [-0.25, -0.2) is 8.42 Å². The number of sulfonamides is 1. The Balaban J connectivity index is 2.14. The fourth-order valence-electron chi connectivity index (χ4n) is 2.53. The van der Waals surface area contributed by atoms with Crippen molar-refractivity contribution in [2.75, 3.05) is 15.8 Å². The van der Waals surface area contributed by atoms with Gasteiger partial charge in [0.25, 0.3) is 0 Å². The van der Waals surface area contributed by atoms with Gasteiger partial charge in [0.1, 0.15) is 5.75 Å². The third-order valence-electron chi connectivity index (χ3n) is 3.88. The molecule has 0 aliphatic heterocycles. The molecular formula is C20H22F2N2O4S. The molecule has 0 heterocycles. The van der Waals surface area contributed by atoms with Crippen LogP contribution in [0.25, 0.3) is 6.08 Å². The zero-order valence-electron chi connectivity index (χ0n) is 16.0. The molecule has 0 saturated heterocycles. The Hall–Kier alpha value is -2.94. The molecule has 1 amide bonds. The largest absolute Gasteiger partial charge is 0.434 e. The van der Waals surface area contributed by atoms with Gasteiger partial charge in [0.05, 0.1) is 11.4 Å². The lowest BCUT2D eigenvalue weighted by molar-refractivity contribution is -0.111. The zero-order valence-corrected chi connectivity index (χ0v) is 16.8. The van der Waals surface area contributed by atoms with Crippen LogP contribution >= 0.6 is 0 Å². The molecule has 2 aromatic carbocycles. The van der Waals surface area contributed by atoms with E-state index in [-0.39, 0.29) is 11.5 Å². The number of ether oxygens (including phenoxy) is 1. The van der Waals surface area contributed by atoms with Crippen LogP contribution in [0.5, 0.6) is 5.75 Å². The molecule has 0 fully saturated rings. The Labute approximate surface area is 168 Å². The Kier molecular flexibility index (Phi) is 7.72. The molecule has 9 heteroatoms. The number of para-hydroxylation sites is 1. The van der Waals surface area contributed by atoms with Crippen molar-refractivity contribution < 1.29 is 26.7 Å². The van der Waals surface area contributed by atoms with Crippen molar-refractivity contribution in [2.45, 2.75) is 26.9 Å². The Bertz CT molecular complexity index is 992. The minimum Gasteiger partial charge on any atom is -0.434 e. The first-order chi connectivity index (χ1) is 13.7. The van der Waals surface area contributed by atoms with Gasteiger partial charge in [0.2, 0.25) is 15.9 Å². The number of hydrogen-bond donors (Lipinski definition) is 2. The number of carbonyl (C=O) groups is 1. The first kappa shape index (κ1) is 22.4. The molecule has 0 aromatic heterocycles. The fourth-order valence-corrected chi connectivity index (χ4v) is 3.73. The van der Waals surface area contributed by atoms with E-state index in [1.807, 2.05) is 0 Å². The van der Waals surface area contributed by atoms with Crippen molar-refractivity contribution in [1.82, 2.24) is 0 Å². The number of rotatable bonds is 9. The molecule has 0 bridgehead atoms. The van der Waals surface area contributed by atoms with Crippen LogP contribution in [0.4, 0.5) is 20.2 Å². The highest BCUT2D eigenvalue weighted by Gasteiger charge is 2.13. The van der Waals surface area contributed by atoms with Gasteiger partial charge in [-0.3, -0.25) is 9.52 Å². The Morgan fingerprint density at radius 1 is 1.14 bits per heavy atom. The van der Waals surface area contributed by atoms with Crippen LogP contribution in [0.2, 0.25) is 0 Å². The molecule has 0 spiro atoms. The fraction of sp³-hybridized carbons (Fsp3) is 0.250. The molecule has 0 saturated carbocycles. The van der Waals surface area contributed by atoms with Crippen LogP contribution < -0.4 is 14.8 Å². The predicted octanol–water partition coefficient (Wildman–Crippen LogP) is 4.40. The lowest BCUT2D eigenvalue weighted by atomic mass is 10.1. The van der Waals surface area contributed by atoms with Crippen molar-refractivity contribution in [3.63, 3.8) is 0 Å². The molecule has 0 aliphatic carbocycles. The number of amides is 1. The molecule has 0 atom stereocenters. The quantitative estimate of drug-likeness (QED) is 0.585. The SMILES string of the molecule is CCCS(=O)(=O)Nc1cccc(NC(=O)/C=C/c2ccccc2OC(F)F)c1C. The van der Waals surface area contributed by atoms with Crippen LogP contribution in [-0.4, -0.2) is 26.7 Å². The topological polar surface area (TPSA) is 84.5 Å². The third kappa shape index (κ3) is 6.86. The summed E-state index contributed by atoms with van der Waals surface area (Å²) in [5, 5.41) is 2.65. The van der Waals surface area contributed by atoms with Gasteiger partial charge in [-0.1, -0.05) is 31.2 Å². The molecule has 0 aliphatic rings. The van der Waals surface area contributed by atoms with Gasteiger partial charge < -0.3 is 10.1 Å². The summed E-state index contributed by atoms with van der Waals surface area (Å²) in [6, 6.07) is 10.9. The number of anilines is 2. The number of hydrogen-bond acceptors (Lipinski definition) is 4. The van der Waals surface area contributed by atoms with Gasteiger partial charge in [0.15, 0.2) is 0 Å². The van der Waals surface area contributed by atoms with Crippen molar-refractivity contribution in [3.05, 3.63) is 59.7 Å². The smallest absolute Gasteiger partial charge is 0.387 e. The van der Waals surface area contributed by atoms with E-state index in [2.05, 4.69) is 14.8 Å². The van der Waals surface area contributed by atoms with E-state index in [1.165, 1.54) is 24.3 Å². The van der Waals surface area contributed by atoms with Gasteiger partial charge in [0, 0.05) is 17.3 Å². The second-order valence-electron chi connectivity index (χ2n) is 6.14. The first-order valence-corrected chi connectivity index (χ1v) is 10.5. The maximum Gasteiger partial charge on any atom is 0.387 e. The van der Waals surface area contributed by atoms with E-state index in [0.29, 0.717) is 28.9 Å². The number of alkyl halides is 2. The number of carbonyl (C=O) groups excluding carboxylic acids is 1. The lowest BCUT2D eigenvalue weighted by Gasteiger charge is -2.13. The summed E-state index contributed by atoms with van der Waals surface area (Å²) in [5.41, 5.74) is 1.67. The van der Waals surface area contributed by atoms with Crippen molar-refractivity contribution in [2.24, 2.45) is 0 Å². The minimum absolute atomic E-state index is 0.00807. The zero-order chi connectivity index (χ0) is 21.4. The molecule has 29 heavy (non-hydrogen) atoms. The van der Waals surface area contributed by atoms with E-state index < -0.39 is 22.5 Å².